The summed E-state index contributed by atoms with van der Waals surface area (Å²) >= 11 is 0. The van der Waals surface area contributed by atoms with E-state index in [4.69, 9.17) is 4.98 Å². The topological polar surface area (TPSA) is 68.5 Å². The van der Waals surface area contributed by atoms with Crippen molar-refractivity contribution < 1.29 is 0 Å². The summed E-state index contributed by atoms with van der Waals surface area (Å²) in [6, 6.07) is 22.4. The molecule has 0 fully saturated rings. The molecule has 146 valence electrons. The van der Waals surface area contributed by atoms with E-state index < -0.39 is 0 Å². The van der Waals surface area contributed by atoms with Gasteiger partial charge in [0.15, 0.2) is 0 Å². The fourth-order valence-corrected chi connectivity index (χ4v) is 3.48. The van der Waals surface area contributed by atoms with E-state index in [-0.39, 0.29) is 6.04 Å². The number of aromatic nitrogens is 5. The van der Waals surface area contributed by atoms with Crippen molar-refractivity contribution in [1.29, 1.82) is 0 Å². The molecule has 0 aliphatic heterocycles. The quantitative estimate of drug-likeness (QED) is 0.453. The molecule has 1 atom stereocenters. The van der Waals surface area contributed by atoms with E-state index in [0.29, 0.717) is 5.95 Å². The van der Waals surface area contributed by atoms with E-state index in [9.17, 15) is 0 Å². The molecule has 3 heterocycles. The Morgan fingerprint density at radius 2 is 1.77 bits per heavy atom. The Hall–Kier alpha value is -4.06. The first kappa shape index (κ1) is 18.0. The molecule has 0 aliphatic carbocycles. The van der Waals surface area contributed by atoms with Gasteiger partial charge in [-0.3, -0.25) is 9.55 Å². The number of benzene rings is 2. The molecule has 0 aliphatic rings. The first-order chi connectivity index (χ1) is 14.8. The Morgan fingerprint density at radius 3 is 2.60 bits per heavy atom. The van der Waals surface area contributed by atoms with Crippen LogP contribution in [0.4, 0.5) is 5.95 Å². The monoisotopic (exact) mass is 392 g/mol. The molecule has 0 unspecified atom stereocenters. The maximum Gasteiger partial charge on any atom is 0.225 e. The van der Waals surface area contributed by atoms with Gasteiger partial charge in [0.25, 0.3) is 0 Å². The average molecular weight is 392 g/mol. The van der Waals surface area contributed by atoms with Gasteiger partial charge >= 0.3 is 0 Å². The molecule has 6 nitrogen and oxygen atoms in total. The molecular weight excluding hydrogens is 372 g/mol. The number of anilines is 1. The van der Waals surface area contributed by atoms with Gasteiger partial charge in [-0.25, -0.2) is 9.97 Å². The van der Waals surface area contributed by atoms with Crippen LogP contribution < -0.4 is 5.32 Å². The molecule has 5 rings (SSSR count). The molecule has 0 saturated heterocycles. The first-order valence-corrected chi connectivity index (χ1v) is 9.80. The summed E-state index contributed by atoms with van der Waals surface area (Å²) in [4.78, 5) is 17.9. The third-order valence-corrected chi connectivity index (χ3v) is 5.07. The number of fused-ring (bicyclic) bond motifs is 1. The minimum Gasteiger partial charge on any atom is -0.348 e. The number of nitrogens with one attached hydrogen (secondary N) is 1. The summed E-state index contributed by atoms with van der Waals surface area (Å²) in [5.74, 6) is 1.35. The minimum atomic E-state index is 0.100. The summed E-state index contributed by atoms with van der Waals surface area (Å²) in [5.41, 5.74) is 5.23. The van der Waals surface area contributed by atoms with Crippen molar-refractivity contribution in [2.75, 3.05) is 5.32 Å². The van der Waals surface area contributed by atoms with Crippen LogP contribution in [0, 0.1) is 0 Å². The number of hydrogen-bond acceptors (Lipinski definition) is 5. The minimum absolute atomic E-state index is 0.100. The van der Waals surface area contributed by atoms with Crippen LogP contribution in [-0.2, 0) is 0 Å². The number of hydrogen-bond donors (Lipinski definition) is 1. The maximum absolute atomic E-state index is 4.70. The van der Waals surface area contributed by atoms with Crippen LogP contribution in [0.1, 0.15) is 18.5 Å². The Labute approximate surface area is 174 Å². The molecule has 30 heavy (non-hydrogen) atoms. The van der Waals surface area contributed by atoms with Crippen LogP contribution in [0.5, 0.6) is 0 Å². The molecule has 0 spiro atoms. The van der Waals surface area contributed by atoms with Gasteiger partial charge in [0.2, 0.25) is 5.95 Å². The number of rotatable bonds is 5. The predicted octanol–water partition coefficient (Wildman–Crippen LogP) is 5.05. The average Bonchev–Trinajstić information content (AvgIpc) is 3.24. The third kappa shape index (κ3) is 3.51. The smallest absolute Gasteiger partial charge is 0.225 e. The number of pyridine rings is 1. The van der Waals surface area contributed by atoms with E-state index in [1.54, 1.807) is 18.7 Å². The van der Waals surface area contributed by atoms with Gasteiger partial charge in [0, 0.05) is 24.2 Å². The molecule has 0 radical (unpaired) electrons. The predicted molar refractivity (Wildman–Crippen MR) is 118 cm³/mol. The summed E-state index contributed by atoms with van der Waals surface area (Å²) < 4.78 is 1.97. The Kier molecular flexibility index (Phi) is 4.65. The summed E-state index contributed by atoms with van der Waals surface area (Å²) in [6.45, 7) is 2.10. The van der Waals surface area contributed by atoms with Gasteiger partial charge < -0.3 is 5.32 Å². The fourth-order valence-electron chi connectivity index (χ4n) is 3.48. The maximum atomic E-state index is 4.70. The highest BCUT2D eigenvalue weighted by Crippen LogP contribution is 2.25. The molecule has 2 aromatic carbocycles. The second kappa shape index (κ2) is 7.75. The van der Waals surface area contributed by atoms with Crippen LogP contribution in [0.2, 0.25) is 0 Å². The standard InChI is InChI=1S/C24H20N6/c1-17(18-6-3-2-4-7-18)28-24-26-13-11-23(29-24)30-16-27-21-14-19(9-10-22(21)30)20-8-5-12-25-15-20/h2-17H,1H3,(H,26,28,29)/t17-/m0/s1. The molecule has 3 aromatic heterocycles. The molecular formula is C24H20N6. The van der Waals surface area contributed by atoms with Crippen LogP contribution in [0.3, 0.4) is 0 Å². The highest BCUT2D eigenvalue weighted by molar-refractivity contribution is 5.83. The Balaban J connectivity index is 1.45. The lowest BCUT2D eigenvalue weighted by atomic mass is 10.1. The largest absolute Gasteiger partial charge is 0.348 e. The highest BCUT2D eigenvalue weighted by Gasteiger charge is 2.11. The van der Waals surface area contributed by atoms with E-state index >= 15 is 0 Å². The lowest BCUT2D eigenvalue weighted by molar-refractivity contribution is 0.854. The molecule has 6 heteroatoms. The normalized spacial score (nSPS) is 12.0. The van der Waals surface area contributed by atoms with Crippen LogP contribution >= 0.6 is 0 Å². The SMILES string of the molecule is C[C@H](Nc1nccc(-n2cnc3cc(-c4cccnc4)ccc32)n1)c1ccccc1. The van der Waals surface area contributed by atoms with Crippen molar-refractivity contribution in [3.05, 3.63) is 97.2 Å². The van der Waals surface area contributed by atoms with Crippen molar-refractivity contribution in [3.8, 4) is 16.9 Å². The molecule has 0 amide bonds. The second-order valence-corrected chi connectivity index (χ2v) is 7.07. The van der Waals surface area contributed by atoms with E-state index in [0.717, 1.165) is 28.0 Å². The van der Waals surface area contributed by atoms with E-state index in [1.807, 2.05) is 47.2 Å². The van der Waals surface area contributed by atoms with Gasteiger partial charge in [-0.1, -0.05) is 42.5 Å². The molecule has 0 bridgehead atoms. The van der Waals surface area contributed by atoms with Crippen molar-refractivity contribution >= 4 is 17.0 Å². The van der Waals surface area contributed by atoms with Gasteiger partial charge in [-0.2, -0.15) is 4.98 Å². The molecule has 1 N–H and O–H groups in total. The van der Waals surface area contributed by atoms with Crippen molar-refractivity contribution in [2.24, 2.45) is 0 Å². The van der Waals surface area contributed by atoms with Gasteiger partial charge in [0.05, 0.1) is 17.1 Å². The zero-order valence-electron chi connectivity index (χ0n) is 16.5. The van der Waals surface area contributed by atoms with Crippen LogP contribution in [0.15, 0.2) is 91.6 Å². The highest BCUT2D eigenvalue weighted by atomic mass is 15.2. The molecule has 5 aromatic rings. The van der Waals surface area contributed by atoms with Crippen molar-refractivity contribution in [1.82, 2.24) is 24.5 Å². The second-order valence-electron chi connectivity index (χ2n) is 7.07. The summed E-state index contributed by atoms with van der Waals surface area (Å²) in [7, 11) is 0. The Morgan fingerprint density at radius 1 is 0.867 bits per heavy atom. The van der Waals surface area contributed by atoms with Gasteiger partial charge in [-0.15, -0.1) is 0 Å². The van der Waals surface area contributed by atoms with Gasteiger partial charge in [0.1, 0.15) is 12.1 Å². The van der Waals surface area contributed by atoms with Crippen LogP contribution in [0.25, 0.3) is 28.0 Å². The zero-order chi connectivity index (χ0) is 20.3. The lowest BCUT2D eigenvalue weighted by Crippen LogP contribution is -2.10. The van der Waals surface area contributed by atoms with Crippen LogP contribution in [-0.4, -0.2) is 24.5 Å². The summed E-state index contributed by atoms with van der Waals surface area (Å²) in [6.07, 6.45) is 7.19. The van der Waals surface area contributed by atoms with Crippen molar-refractivity contribution in [3.63, 3.8) is 0 Å². The van der Waals surface area contributed by atoms with Crippen molar-refractivity contribution in [2.45, 2.75) is 13.0 Å². The molecule has 0 saturated carbocycles. The number of imidazole rings is 1. The van der Waals surface area contributed by atoms with Gasteiger partial charge in [-0.05, 0) is 42.3 Å². The zero-order valence-corrected chi connectivity index (χ0v) is 16.5. The number of nitrogens with zero attached hydrogens (tertiary/aromatic N) is 5. The van der Waals surface area contributed by atoms with E-state index in [1.165, 1.54) is 5.56 Å². The summed E-state index contributed by atoms with van der Waals surface area (Å²) in [5, 5.41) is 3.38. The Bertz CT molecular complexity index is 1280. The first-order valence-electron chi connectivity index (χ1n) is 9.80. The van der Waals surface area contributed by atoms with E-state index in [2.05, 4.69) is 57.5 Å². The lowest BCUT2D eigenvalue weighted by Gasteiger charge is -2.14. The third-order valence-electron chi connectivity index (χ3n) is 5.07. The fraction of sp³-hybridized carbons (Fsp3) is 0.0833.